The summed E-state index contributed by atoms with van der Waals surface area (Å²) in [5, 5.41) is 21.8. The third-order valence-electron chi connectivity index (χ3n) is 2.67. The van der Waals surface area contributed by atoms with Crippen LogP contribution in [0.1, 0.15) is 5.56 Å². The number of hydrogen-bond donors (Lipinski definition) is 2. The van der Waals surface area contributed by atoms with Crippen molar-refractivity contribution in [2.75, 3.05) is 7.05 Å². The molecule has 1 aromatic heterocycles. The van der Waals surface area contributed by atoms with Crippen molar-refractivity contribution in [1.29, 1.82) is 0 Å². The maximum Gasteiger partial charge on any atom is 0.387 e. The summed E-state index contributed by atoms with van der Waals surface area (Å²) in [6.07, 6.45) is 1.12. The topological polar surface area (TPSA) is 87.4 Å². The molecule has 23 heavy (non-hydrogen) atoms. The lowest BCUT2D eigenvalue weighted by atomic mass is 10.2. The highest BCUT2D eigenvalue weighted by Crippen LogP contribution is 2.22. The van der Waals surface area contributed by atoms with E-state index in [0.717, 1.165) is 6.20 Å². The van der Waals surface area contributed by atoms with Gasteiger partial charge in [0, 0.05) is 18.7 Å². The number of halogens is 2. The summed E-state index contributed by atoms with van der Waals surface area (Å²) >= 11 is 0. The van der Waals surface area contributed by atoms with Crippen LogP contribution in [0.25, 0.3) is 0 Å². The molecule has 1 aromatic carbocycles. The van der Waals surface area contributed by atoms with Gasteiger partial charge in [0.25, 0.3) is 0 Å². The highest BCUT2D eigenvalue weighted by Gasteiger charge is 2.09. The Kier molecular flexibility index (Phi) is 5.26. The Hall–Kier alpha value is -2.94. The molecule has 0 aliphatic carbocycles. The average Bonchev–Trinajstić information content (AvgIpc) is 2.51. The van der Waals surface area contributed by atoms with Gasteiger partial charge in [-0.3, -0.25) is 5.21 Å². The van der Waals surface area contributed by atoms with Crippen LogP contribution in [0.4, 0.5) is 8.78 Å². The van der Waals surface area contributed by atoms with Gasteiger partial charge in [0.15, 0.2) is 5.84 Å². The van der Waals surface area contributed by atoms with Gasteiger partial charge in [-0.25, -0.2) is 10.0 Å². The highest BCUT2D eigenvalue weighted by atomic mass is 19.3. The smallest absolute Gasteiger partial charge is 0.387 e. The zero-order valence-corrected chi connectivity index (χ0v) is 11.9. The van der Waals surface area contributed by atoms with Crippen LogP contribution in [0.15, 0.2) is 47.8 Å². The molecule has 0 saturated heterocycles. The van der Waals surface area contributed by atoms with E-state index in [2.05, 4.69) is 14.9 Å². The number of alkyl halides is 2. The summed E-state index contributed by atoms with van der Waals surface area (Å²) in [4.78, 5) is 3.84. The molecule has 0 spiro atoms. The first-order valence-corrected chi connectivity index (χ1v) is 6.33. The van der Waals surface area contributed by atoms with E-state index in [1.54, 1.807) is 24.3 Å². The van der Waals surface area contributed by atoms with Crippen LogP contribution < -0.4 is 9.47 Å². The molecule has 2 aromatic rings. The normalized spacial score (nSPS) is 11.4. The lowest BCUT2D eigenvalue weighted by Gasteiger charge is -2.12. The average molecular weight is 325 g/mol. The summed E-state index contributed by atoms with van der Waals surface area (Å²) in [6, 6.07) is 8.94. The van der Waals surface area contributed by atoms with Crippen LogP contribution in [0.2, 0.25) is 0 Å². The molecule has 2 N–H and O–H groups in total. The number of hydrogen-bond acceptors (Lipinski definition) is 6. The van der Waals surface area contributed by atoms with E-state index in [1.807, 2.05) is 0 Å². The lowest BCUT2D eigenvalue weighted by molar-refractivity contribution is -0.0501. The van der Waals surface area contributed by atoms with Gasteiger partial charge in [-0.05, 0) is 30.3 Å². The van der Waals surface area contributed by atoms with Crippen molar-refractivity contribution in [3.8, 4) is 17.4 Å². The first-order chi connectivity index (χ1) is 11.0. The molecule has 0 atom stereocenters. The van der Waals surface area contributed by atoms with Gasteiger partial charge in [-0.2, -0.15) is 8.78 Å². The fraction of sp³-hybridized carbons (Fsp3) is 0.143. The molecule has 0 bridgehead atoms. The van der Waals surface area contributed by atoms with Crippen molar-refractivity contribution >= 4 is 5.84 Å². The van der Waals surface area contributed by atoms with Gasteiger partial charge >= 0.3 is 6.61 Å². The van der Waals surface area contributed by atoms with Crippen molar-refractivity contribution in [2.45, 2.75) is 6.61 Å². The van der Waals surface area contributed by atoms with Crippen LogP contribution in [0.5, 0.6) is 17.4 Å². The van der Waals surface area contributed by atoms with Crippen LogP contribution in [-0.4, -0.2) is 40.0 Å². The van der Waals surface area contributed by atoms with Crippen LogP contribution >= 0.6 is 0 Å². The maximum atomic E-state index is 12.0. The van der Waals surface area contributed by atoms with Crippen LogP contribution in [0.3, 0.4) is 0 Å². The molecule has 0 amide bonds. The molecule has 0 aliphatic heterocycles. The molecule has 0 unspecified atom stereocenters. The number of aromatic nitrogens is 1. The molecular formula is C14H13F2N3O4. The third-order valence-corrected chi connectivity index (χ3v) is 2.67. The van der Waals surface area contributed by atoms with Crippen molar-refractivity contribution in [3.63, 3.8) is 0 Å². The van der Waals surface area contributed by atoms with Crippen molar-refractivity contribution in [3.05, 3.63) is 48.2 Å². The number of nitrogens with zero attached hydrogens (tertiary/aromatic N) is 3. The Morgan fingerprint density at radius 1 is 1.17 bits per heavy atom. The molecule has 2 rings (SSSR count). The number of oxime groups is 1. The molecule has 0 saturated carbocycles. The van der Waals surface area contributed by atoms with Gasteiger partial charge in [0.1, 0.15) is 11.5 Å². The second-order valence-electron chi connectivity index (χ2n) is 4.28. The van der Waals surface area contributed by atoms with E-state index < -0.39 is 6.61 Å². The van der Waals surface area contributed by atoms with E-state index in [9.17, 15) is 14.0 Å². The van der Waals surface area contributed by atoms with Gasteiger partial charge in [-0.1, -0.05) is 5.16 Å². The minimum Gasteiger partial charge on any atom is -0.439 e. The molecule has 7 nitrogen and oxygen atoms in total. The van der Waals surface area contributed by atoms with Gasteiger partial charge in [0.2, 0.25) is 5.88 Å². The van der Waals surface area contributed by atoms with Crippen LogP contribution in [0, 0.1) is 0 Å². The number of ether oxygens (including phenoxy) is 2. The molecule has 0 aliphatic rings. The second-order valence-corrected chi connectivity index (χ2v) is 4.28. The first-order valence-electron chi connectivity index (χ1n) is 6.33. The molecule has 9 heteroatoms. The Labute approximate surface area is 130 Å². The summed E-state index contributed by atoms with van der Waals surface area (Å²) in [6.45, 7) is -2.91. The number of pyridine rings is 1. The van der Waals surface area contributed by atoms with Gasteiger partial charge < -0.3 is 14.7 Å². The van der Waals surface area contributed by atoms with E-state index in [1.165, 1.54) is 19.2 Å². The molecule has 0 radical (unpaired) electrons. The predicted octanol–water partition coefficient (Wildman–Crippen LogP) is 2.93. The number of amidine groups is 1. The predicted molar refractivity (Wildman–Crippen MR) is 75.3 cm³/mol. The standard InChI is InChI=1S/C14H13F2N3O4/c1-19(21)13(18-20)9-2-4-10(5-3-9)22-12-7-6-11(8-17-12)23-14(15)16/h2-8,14,20-21H,1H3/b18-13-. The van der Waals surface area contributed by atoms with Crippen molar-refractivity contribution < 1.29 is 28.7 Å². The second kappa shape index (κ2) is 7.36. The Morgan fingerprint density at radius 2 is 1.83 bits per heavy atom. The molecule has 0 fully saturated rings. The number of benzene rings is 1. The largest absolute Gasteiger partial charge is 0.439 e. The zero-order chi connectivity index (χ0) is 16.8. The quantitative estimate of drug-likeness (QED) is 0.380. The fourth-order valence-electron chi connectivity index (χ4n) is 1.70. The lowest BCUT2D eigenvalue weighted by Crippen LogP contribution is -2.23. The SMILES string of the molecule is CN(O)/C(=N\O)c1ccc(Oc2ccc(OC(F)F)cn2)cc1. The first kappa shape index (κ1) is 16.4. The summed E-state index contributed by atoms with van der Waals surface area (Å²) in [5.41, 5.74) is 0.457. The minimum absolute atomic E-state index is 0.0387. The molecule has 1 heterocycles. The molecular weight excluding hydrogens is 312 g/mol. The Morgan fingerprint density at radius 3 is 2.30 bits per heavy atom. The summed E-state index contributed by atoms with van der Waals surface area (Å²) in [5.74, 6) is 0.497. The van der Waals surface area contributed by atoms with Gasteiger partial charge in [-0.15, -0.1) is 0 Å². The number of rotatable bonds is 5. The van der Waals surface area contributed by atoms with Gasteiger partial charge in [0.05, 0.1) is 6.20 Å². The van der Waals surface area contributed by atoms with E-state index in [0.29, 0.717) is 16.4 Å². The van der Waals surface area contributed by atoms with E-state index in [4.69, 9.17) is 9.94 Å². The highest BCUT2D eigenvalue weighted by molar-refractivity contribution is 5.97. The van der Waals surface area contributed by atoms with Crippen molar-refractivity contribution in [2.24, 2.45) is 5.16 Å². The van der Waals surface area contributed by atoms with Crippen molar-refractivity contribution in [1.82, 2.24) is 10.0 Å². The maximum absolute atomic E-state index is 12.0. The monoisotopic (exact) mass is 325 g/mol. The Balaban J connectivity index is 2.06. The van der Waals surface area contributed by atoms with E-state index >= 15 is 0 Å². The van der Waals surface area contributed by atoms with Crippen LogP contribution in [-0.2, 0) is 0 Å². The summed E-state index contributed by atoms with van der Waals surface area (Å²) < 4.78 is 33.7. The fourth-order valence-corrected chi connectivity index (χ4v) is 1.70. The zero-order valence-electron chi connectivity index (χ0n) is 11.9. The minimum atomic E-state index is -2.91. The number of hydroxylamine groups is 2. The third kappa shape index (κ3) is 4.51. The Bertz CT molecular complexity index is 661. The summed E-state index contributed by atoms with van der Waals surface area (Å²) in [7, 11) is 1.31. The van der Waals surface area contributed by atoms with E-state index in [-0.39, 0.29) is 17.5 Å². The molecule has 122 valence electrons.